The molecule has 0 aromatic carbocycles. The molecule has 0 aliphatic heterocycles. The van der Waals surface area contributed by atoms with Gasteiger partial charge >= 0.3 is 0 Å². The second-order valence-corrected chi connectivity index (χ2v) is 2.15. The summed E-state index contributed by atoms with van der Waals surface area (Å²) < 4.78 is 10.1. The smallest absolute Gasteiger partial charge is 0.111 e. The van der Waals surface area contributed by atoms with E-state index in [0.717, 1.165) is 26.0 Å². The van der Waals surface area contributed by atoms with Crippen LogP contribution < -0.4 is 5.73 Å². The number of nitrogens with two attached hydrogens (primary N) is 1. The van der Waals surface area contributed by atoms with Crippen LogP contribution in [0.4, 0.5) is 0 Å². The summed E-state index contributed by atoms with van der Waals surface area (Å²) in [5.41, 5.74) is 5.30. The molecule has 0 heterocycles. The Morgan fingerprint density at radius 3 is 2.64 bits per heavy atom. The highest BCUT2D eigenvalue weighted by Crippen LogP contribution is 1.87. The van der Waals surface area contributed by atoms with E-state index in [2.05, 4.69) is 6.58 Å². The van der Waals surface area contributed by atoms with E-state index in [0.29, 0.717) is 13.2 Å². The molecule has 0 unspecified atom stereocenters. The normalized spacial score (nSPS) is 9.55. The zero-order chi connectivity index (χ0) is 8.36. The maximum absolute atomic E-state index is 5.30. The molecule has 0 saturated heterocycles. The first-order valence-corrected chi connectivity index (χ1v) is 3.92. The Labute approximate surface area is 68.2 Å². The molecule has 66 valence electrons. The fourth-order valence-corrected chi connectivity index (χ4v) is 0.641. The van der Waals surface area contributed by atoms with Crippen molar-refractivity contribution in [1.82, 2.24) is 0 Å². The summed E-state index contributed by atoms with van der Waals surface area (Å²) >= 11 is 0. The lowest BCUT2D eigenvalue weighted by molar-refractivity contribution is 0.0831. The molecule has 0 amide bonds. The lowest BCUT2D eigenvalue weighted by Crippen LogP contribution is -2.05. The highest BCUT2D eigenvalue weighted by Gasteiger charge is 1.87. The van der Waals surface area contributed by atoms with Crippen molar-refractivity contribution >= 4 is 0 Å². The van der Waals surface area contributed by atoms with E-state index < -0.39 is 0 Å². The lowest BCUT2D eigenvalue weighted by atomic mass is 10.3. The van der Waals surface area contributed by atoms with Crippen LogP contribution in [0.5, 0.6) is 0 Å². The fraction of sp³-hybridized carbons (Fsp3) is 0.750. The molecule has 0 rings (SSSR count). The minimum absolute atomic E-state index is 0.589. The van der Waals surface area contributed by atoms with Gasteiger partial charge in [-0.1, -0.05) is 6.58 Å². The molecule has 0 aliphatic carbocycles. The highest BCUT2D eigenvalue weighted by atomic mass is 16.5. The summed E-state index contributed by atoms with van der Waals surface area (Å²) in [7, 11) is 0. The van der Waals surface area contributed by atoms with Crippen molar-refractivity contribution in [3.63, 3.8) is 0 Å². The molecule has 2 N–H and O–H groups in total. The Bertz CT molecular complexity index is 86.2. The van der Waals surface area contributed by atoms with Crippen LogP contribution in [0.15, 0.2) is 12.8 Å². The first kappa shape index (κ1) is 10.5. The summed E-state index contributed by atoms with van der Waals surface area (Å²) in [6.07, 6.45) is 3.48. The number of rotatable bonds is 8. The lowest BCUT2D eigenvalue weighted by Gasteiger charge is -2.02. The van der Waals surface area contributed by atoms with Crippen LogP contribution >= 0.6 is 0 Å². The van der Waals surface area contributed by atoms with Crippen molar-refractivity contribution in [2.75, 3.05) is 26.4 Å². The van der Waals surface area contributed by atoms with Crippen molar-refractivity contribution in [2.45, 2.75) is 12.8 Å². The van der Waals surface area contributed by atoms with Gasteiger partial charge in [-0.2, -0.15) is 0 Å². The van der Waals surface area contributed by atoms with Crippen LogP contribution in [0.25, 0.3) is 0 Å². The standard InChI is InChI=1S/C8H17NO2/c1-2-10-7-8-11-6-4-3-5-9/h2H,1,3-9H2. The van der Waals surface area contributed by atoms with Gasteiger partial charge in [-0.25, -0.2) is 0 Å². The molecule has 3 heteroatoms. The molecule has 0 bridgehead atoms. The molecule has 11 heavy (non-hydrogen) atoms. The quantitative estimate of drug-likeness (QED) is 0.423. The zero-order valence-electron chi connectivity index (χ0n) is 6.92. The van der Waals surface area contributed by atoms with E-state index in [4.69, 9.17) is 15.2 Å². The van der Waals surface area contributed by atoms with E-state index in [1.807, 2.05) is 0 Å². The second-order valence-electron chi connectivity index (χ2n) is 2.15. The Morgan fingerprint density at radius 2 is 2.00 bits per heavy atom. The minimum atomic E-state index is 0.589. The summed E-state index contributed by atoms with van der Waals surface area (Å²) in [5.74, 6) is 0. The highest BCUT2D eigenvalue weighted by molar-refractivity contribution is 4.47. The summed E-state index contributed by atoms with van der Waals surface area (Å²) in [5, 5.41) is 0. The van der Waals surface area contributed by atoms with Gasteiger partial charge in [0.05, 0.1) is 12.9 Å². The largest absolute Gasteiger partial charge is 0.499 e. The van der Waals surface area contributed by atoms with Crippen LogP contribution in [0.2, 0.25) is 0 Å². The topological polar surface area (TPSA) is 44.5 Å². The van der Waals surface area contributed by atoms with Crippen molar-refractivity contribution in [1.29, 1.82) is 0 Å². The van der Waals surface area contributed by atoms with Gasteiger partial charge < -0.3 is 15.2 Å². The average molecular weight is 159 g/mol. The monoisotopic (exact) mass is 159 g/mol. The second kappa shape index (κ2) is 9.46. The van der Waals surface area contributed by atoms with Crippen LogP contribution in [0, 0.1) is 0 Å². The Hall–Kier alpha value is -0.540. The Kier molecular flexibility index (Phi) is 9.00. The van der Waals surface area contributed by atoms with Gasteiger partial charge in [0.1, 0.15) is 6.61 Å². The third-order valence-electron chi connectivity index (χ3n) is 1.21. The summed E-state index contributed by atoms with van der Waals surface area (Å²) in [6.45, 7) is 6.16. The first-order chi connectivity index (χ1) is 5.41. The van der Waals surface area contributed by atoms with E-state index in [9.17, 15) is 0 Å². The molecule has 0 spiro atoms. The summed E-state index contributed by atoms with van der Waals surface area (Å²) in [4.78, 5) is 0. The van der Waals surface area contributed by atoms with Gasteiger partial charge in [0, 0.05) is 6.61 Å². The first-order valence-electron chi connectivity index (χ1n) is 3.92. The van der Waals surface area contributed by atoms with Crippen molar-refractivity contribution in [3.8, 4) is 0 Å². The molecule has 0 aromatic rings. The predicted molar refractivity (Wildman–Crippen MR) is 45.3 cm³/mol. The van der Waals surface area contributed by atoms with Gasteiger partial charge in [0.15, 0.2) is 0 Å². The zero-order valence-corrected chi connectivity index (χ0v) is 6.92. The minimum Gasteiger partial charge on any atom is -0.499 e. The maximum atomic E-state index is 5.30. The third kappa shape index (κ3) is 9.46. The number of hydrogen-bond donors (Lipinski definition) is 1. The fourth-order valence-electron chi connectivity index (χ4n) is 0.641. The molecule has 0 aromatic heterocycles. The van der Waals surface area contributed by atoms with E-state index in [-0.39, 0.29) is 0 Å². The van der Waals surface area contributed by atoms with E-state index in [1.54, 1.807) is 0 Å². The van der Waals surface area contributed by atoms with Crippen LogP contribution in [0.1, 0.15) is 12.8 Å². The Morgan fingerprint density at radius 1 is 1.18 bits per heavy atom. The molecular formula is C8H17NO2. The summed E-state index contributed by atoms with van der Waals surface area (Å²) in [6, 6.07) is 0. The number of unbranched alkanes of at least 4 members (excludes halogenated alkanes) is 1. The third-order valence-corrected chi connectivity index (χ3v) is 1.21. The van der Waals surface area contributed by atoms with Crippen LogP contribution in [0.3, 0.4) is 0 Å². The SMILES string of the molecule is C=COCCOCCCCN. The maximum Gasteiger partial charge on any atom is 0.111 e. The van der Waals surface area contributed by atoms with Gasteiger partial charge in [-0.15, -0.1) is 0 Å². The van der Waals surface area contributed by atoms with E-state index >= 15 is 0 Å². The van der Waals surface area contributed by atoms with Gasteiger partial charge in [0.2, 0.25) is 0 Å². The average Bonchev–Trinajstić information content (AvgIpc) is 2.03. The van der Waals surface area contributed by atoms with Crippen LogP contribution in [-0.4, -0.2) is 26.4 Å². The molecule has 3 nitrogen and oxygen atoms in total. The van der Waals surface area contributed by atoms with Crippen molar-refractivity contribution in [2.24, 2.45) is 5.73 Å². The molecule has 0 aliphatic rings. The van der Waals surface area contributed by atoms with Crippen LogP contribution in [-0.2, 0) is 9.47 Å². The molecule has 0 atom stereocenters. The van der Waals surface area contributed by atoms with E-state index in [1.165, 1.54) is 6.26 Å². The molecule has 0 radical (unpaired) electrons. The Balaban J connectivity index is 2.74. The molecular weight excluding hydrogens is 142 g/mol. The predicted octanol–water partition coefficient (Wildman–Crippen LogP) is 0.902. The molecule has 0 fully saturated rings. The number of hydrogen-bond acceptors (Lipinski definition) is 3. The van der Waals surface area contributed by atoms with Crippen molar-refractivity contribution in [3.05, 3.63) is 12.8 Å². The van der Waals surface area contributed by atoms with Gasteiger partial charge in [-0.3, -0.25) is 0 Å². The molecule has 0 saturated carbocycles. The number of ether oxygens (including phenoxy) is 2. The van der Waals surface area contributed by atoms with Crippen molar-refractivity contribution < 1.29 is 9.47 Å². The van der Waals surface area contributed by atoms with Gasteiger partial charge in [0.25, 0.3) is 0 Å². The van der Waals surface area contributed by atoms with Gasteiger partial charge in [-0.05, 0) is 19.4 Å².